The summed E-state index contributed by atoms with van der Waals surface area (Å²) in [5, 5.41) is 18.4. The van der Waals surface area contributed by atoms with Gasteiger partial charge in [0, 0.05) is 4.92 Å². The Morgan fingerprint density at radius 2 is 2.00 bits per heavy atom. The van der Waals surface area contributed by atoms with Crippen molar-refractivity contribution in [2.24, 2.45) is 0 Å². The summed E-state index contributed by atoms with van der Waals surface area (Å²) in [6.45, 7) is 3.19. The summed E-state index contributed by atoms with van der Waals surface area (Å²) in [6.07, 6.45) is 0. The standard InChI is InChI=1S/C12H15NO4S/c1-8-3-5-10(6-4-8)11(7-13(16)17)18-9(2)12(14)15/h3-6,9,11H,7H2,1-2H3,(H,14,15). The molecule has 0 radical (unpaired) electrons. The fraction of sp³-hybridized carbons (Fsp3) is 0.417. The molecule has 2 unspecified atom stereocenters. The van der Waals surface area contributed by atoms with E-state index < -0.39 is 21.4 Å². The predicted octanol–water partition coefficient (Wildman–Crippen LogP) is 2.52. The van der Waals surface area contributed by atoms with Crippen molar-refractivity contribution in [3.05, 3.63) is 45.5 Å². The van der Waals surface area contributed by atoms with Crippen LogP contribution in [0.1, 0.15) is 23.3 Å². The van der Waals surface area contributed by atoms with E-state index in [0.29, 0.717) is 0 Å². The van der Waals surface area contributed by atoms with Crippen molar-refractivity contribution in [2.75, 3.05) is 6.54 Å². The van der Waals surface area contributed by atoms with Gasteiger partial charge in [-0.2, -0.15) is 0 Å². The molecule has 18 heavy (non-hydrogen) atoms. The van der Waals surface area contributed by atoms with Gasteiger partial charge in [0.05, 0.1) is 5.25 Å². The van der Waals surface area contributed by atoms with E-state index in [1.807, 2.05) is 31.2 Å². The Morgan fingerprint density at radius 3 is 2.44 bits per heavy atom. The number of aryl methyl sites for hydroxylation is 1. The summed E-state index contributed by atoms with van der Waals surface area (Å²) in [6, 6.07) is 7.36. The number of carboxylic acids is 1. The van der Waals surface area contributed by atoms with Crippen molar-refractivity contribution in [1.82, 2.24) is 0 Å². The summed E-state index contributed by atoms with van der Waals surface area (Å²) in [5.41, 5.74) is 1.85. The molecule has 2 atom stereocenters. The molecular formula is C12H15NO4S. The van der Waals surface area contributed by atoms with E-state index in [0.717, 1.165) is 22.9 Å². The topological polar surface area (TPSA) is 80.4 Å². The van der Waals surface area contributed by atoms with Crippen LogP contribution >= 0.6 is 11.8 Å². The van der Waals surface area contributed by atoms with E-state index in [9.17, 15) is 14.9 Å². The number of nitro groups is 1. The van der Waals surface area contributed by atoms with Crippen LogP contribution in [0.25, 0.3) is 0 Å². The number of aliphatic carboxylic acids is 1. The van der Waals surface area contributed by atoms with E-state index in [1.54, 1.807) is 0 Å². The molecule has 0 aromatic heterocycles. The lowest BCUT2D eigenvalue weighted by Crippen LogP contribution is -2.18. The maximum Gasteiger partial charge on any atom is 0.316 e. The van der Waals surface area contributed by atoms with E-state index in [4.69, 9.17) is 5.11 Å². The van der Waals surface area contributed by atoms with E-state index >= 15 is 0 Å². The molecule has 0 spiro atoms. The van der Waals surface area contributed by atoms with Crippen LogP contribution in [0.3, 0.4) is 0 Å². The summed E-state index contributed by atoms with van der Waals surface area (Å²) in [4.78, 5) is 21.1. The SMILES string of the molecule is Cc1ccc(C(C[N+](=O)[O-])SC(C)C(=O)O)cc1. The highest BCUT2D eigenvalue weighted by Gasteiger charge is 2.24. The van der Waals surface area contributed by atoms with Gasteiger partial charge >= 0.3 is 5.97 Å². The molecule has 0 aliphatic carbocycles. The summed E-state index contributed by atoms with van der Waals surface area (Å²) in [5.74, 6) is -0.958. The lowest BCUT2D eigenvalue weighted by atomic mass is 10.1. The quantitative estimate of drug-likeness (QED) is 0.634. The Morgan fingerprint density at radius 1 is 1.44 bits per heavy atom. The molecule has 0 fully saturated rings. The highest BCUT2D eigenvalue weighted by molar-refractivity contribution is 8.00. The van der Waals surface area contributed by atoms with Gasteiger partial charge in [0.1, 0.15) is 5.25 Å². The van der Waals surface area contributed by atoms with Crippen molar-refractivity contribution >= 4 is 17.7 Å². The first kappa shape index (κ1) is 14.5. The van der Waals surface area contributed by atoms with Crippen LogP contribution in [0.5, 0.6) is 0 Å². The van der Waals surface area contributed by atoms with Crippen molar-refractivity contribution in [3.63, 3.8) is 0 Å². The molecule has 0 amide bonds. The molecule has 0 heterocycles. The van der Waals surface area contributed by atoms with Crippen LogP contribution in [0.2, 0.25) is 0 Å². The van der Waals surface area contributed by atoms with Crippen LogP contribution in [-0.4, -0.2) is 27.8 Å². The lowest BCUT2D eigenvalue weighted by Gasteiger charge is -2.15. The molecule has 6 heteroatoms. The second-order valence-electron chi connectivity index (χ2n) is 4.03. The van der Waals surface area contributed by atoms with Gasteiger partial charge in [0.15, 0.2) is 0 Å². The molecule has 1 N–H and O–H groups in total. The molecule has 0 bridgehead atoms. The Hall–Kier alpha value is -1.56. The highest BCUT2D eigenvalue weighted by Crippen LogP contribution is 2.32. The van der Waals surface area contributed by atoms with Crippen LogP contribution in [0, 0.1) is 17.0 Å². The Labute approximate surface area is 109 Å². The smallest absolute Gasteiger partial charge is 0.316 e. The molecule has 1 aromatic rings. The molecule has 1 rings (SSSR count). The zero-order valence-corrected chi connectivity index (χ0v) is 11.0. The molecule has 1 aromatic carbocycles. The van der Waals surface area contributed by atoms with Gasteiger partial charge in [-0.15, -0.1) is 11.8 Å². The second kappa shape index (κ2) is 6.39. The van der Waals surface area contributed by atoms with Gasteiger partial charge in [0.2, 0.25) is 6.54 Å². The number of carboxylic acid groups (broad SMARTS) is 1. The largest absolute Gasteiger partial charge is 0.480 e. The first-order valence-electron chi connectivity index (χ1n) is 5.46. The normalized spacial score (nSPS) is 13.9. The van der Waals surface area contributed by atoms with Gasteiger partial charge in [-0.25, -0.2) is 0 Å². The zero-order chi connectivity index (χ0) is 13.7. The Kier molecular flexibility index (Phi) is 5.15. The summed E-state index contributed by atoms with van der Waals surface area (Å²) >= 11 is 1.10. The number of hydrogen-bond acceptors (Lipinski definition) is 4. The summed E-state index contributed by atoms with van der Waals surface area (Å²) in [7, 11) is 0. The number of hydrogen-bond donors (Lipinski definition) is 1. The maximum atomic E-state index is 10.8. The van der Waals surface area contributed by atoms with Crippen LogP contribution in [0.15, 0.2) is 24.3 Å². The fourth-order valence-corrected chi connectivity index (χ4v) is 2.58. The lowest BCUT2D eigenvalue weighted by molar-refractivity contribution is -0.479. The molecule has 0 saturated carbocycles. The Bertz CT molecular complexity index is 432. The number of rotatable bonds is 6. The average molecular weight is 269 g/mol. The minimum absolute atomic E-state index is 0.272. The minimum atomic E-state index is -0.958. The van der Waals surface area contributed by atoms with Crippen molar-refractivity contribution in [2.45, 2.75) is 24.3 Å². The third-order valence-electron chi connectivity index (χ3n) is 2.48. The van der Waals surface area contributed by atoms with Gasteiger partial charge in [-0.3, -0.25) is 14.9 Å². The van der Waals surface area contributed by atoms with Crippen molar-refractivity contribution < 1.29 is 14.8 Å². The molecule has 98 valence electrons. The van der Waals surface area contributed by atoms with Crippen molar-refractivity contribution in [1.29, 1.82) is 0 Å². The molecule has 5 nitrogen and oxygen atoms in total. The van der Waals surface area contributed by atoms with Gasteiger partial charge in [0.25, 0.3) is 0 Å². The maximum absolute atomic E-state index is 10.8. The fourth-order valence-electron chi connectivity index (χ4n) is 1.45. The van der Waals surface area contributed by atoms with Gasteiger partial charge < -0.3 is 5.11 Å². The van der Waals surface area contributed by atoms with Gasteiger partial charge in [-0.05, 0) is 19.4 Å². The Balaban J connectivity index is 2.87. The average Bonchev–Trinajstić information content (AvgIpc) is 2.28. The molecule has 0 aliphatic heterocycles. The minimum Gasteiger partial charge on any atom is -0.480 e. The van der Waals surface area contributed by atoms with E-state index in [1.165, 1.54) is 6.92 Å². The number of nitrogens with zero attached hydrogens (tertiary/aromatic N) is 1. The van der Waals surface area contributed by atoms with Crippen molar-refractivity contribution in [3.8, 4) is 0 Å². The molecule has 0 saturated heterocycles. The number of thioether (sulfide) groups is 1. The molecule has 0 aliphatic rings. The summed E-state index contributed by atoms with van der Waals surface area (Å²) < 4.78 is 0. The van der Waals surface area contributed by atoms with E-state index in [2.05, 4.69) is 0 Å². The van der Waals surface area contributed by atoms with Crippen LogP contribution < -0.4 is 0 Å². The zero-order valence-electron chi connectivity index (χ0n) is 10.2. The molecular weight excluding hydrogens is 254 g/mol. The second-order valence-corrected chi connectivity index (χ2v) is 5.58. The third kappa shape index (κ3) is 4.37. The highest BCUT2D eigenvalue weighted by atomic mass is 32.2. The van der Waals surface area contributed by atoms with Crippen LogP contribution in [0.4, 0.5) is 0 Å². The van der Waals surface area contributed by atoms with Crippen LogP contribution in [-0.2, 0) is 4.79 Å². The first-order valence-corrected chi connectivity index (χ1v) is 6.41. The van der Waals surface area contributed by atoms with E-state index in [-0.39, 0.29) is 6.54 Å². The third-order valence-corrected chi connectivity index (χ3v) is 3.84. The predicted molar refractivity (Wildman–Crippen MR) is 70.5 cm³/mol. The monoisotopic (exact) mass is 269 g/mol. The number of carbonyl (C=O) groups is 1. The number of benzene rings is 1. The first-order chi connectivity index (χ1) is 8.40. The van der Waals surface area contributed by atoms with Gasteiger partial charge in [-0.1, -0.05) is 29.8 Å².